The fraction of sp³-hybridized carbons (Fsp3) is 0.769. The SMILES string of the molecule is CCC(C)(C(=O)NCCCC(=O)NC1CC1)C(N)=S. The van der Waals surface area contributed by atoms with Gasteiger partial charge >= 0.3 is 0 Å². The molecule has 0 aromatic carbocycles. The van der Waals surface area contributed by atoms with Crippen LogP contribution in [-0.2, 0) is 9.59 Å². The highest BCUT2D eigenvalue weighted by molar-refractivity contribution is 7.80. The van der Waals surface area contributed by atoms with Crippen molar-refractivity contribution in [3.05, 3.63) is 0 Å². The van der Waals surface area contributed by atoms with E-state index in [9.17, 15) is 9.59 Å². The summed E-state index contributed by atoms with van der Waals surface area (Å²) in [5, 5.41) is 5.70. The molecule has 1 unspecified atom stereocenters. The summed E-state index contributed by atoms with van der Waals surface area (Å²) in [6, 6.07) is 0.389. The molecule has 1 saturated carbocycles. The Balaban J connectivity index is 2.22. The highest BCUT2D eigenvalue weighted by atomic mass is 32.1. The van der Waals surface area contributed by atoms with Gasteiger partial charge in [-0.1, -0.05) is 19.1 Å². The fourth-order valence-corrected chi connectivity index (χ4v) is 1.86. The molecule has 0 aromatic heterocycles. The van der Waals surface area contributed by atoms with Crippen molar-refractivity contribution >= 4 is 29.0 Å². The van der Waals surface area contributed by atoms with Crippen LogP contribution in [0.25, 0.3) is 0 Å². The van der Waals surface area contributed by atoms with Gasteiger partial charge in [-0.15, -0.1) is 0 Å². The van der Waals surface area contributed by atoms with Gasteiger partial charge in [-0.2, -0.15) is 0 Å². The number of rotatable bonds is 8. The van der Waals surface area contributed by atoms with E-state index in [4.69, 9.17) is 18.0 Å². The van der Waals surface area contributed by atoms with Crippen LogP contribution in [0, 0.1) is 5.41 Å². The van der Waals surface area contributed by atoms with Crippen LogP contribution in [-0.4, -0.2) is 29.4 Å². The molecule has 6 heteroatoms. The van der Waals surface area contributed by atoms with Gasteiger partial charge in [0.1, 0.15) is 0 Å². The third kappa shape index (κ3) is 4.78. The molecule has 4 N–H and O–H groups in total. The Kier molecular flexibility index (Phi) is 5.72. The average Bonchev–Trinajstić information content (AvgIpc) is 3.16. The number of amides is 2. The zero-order chi connectivity index (χ0) is 14.5. The monoisotopic (exact) mass is 285 g/mol. The number of nitrogens with two attached hydrogens (primary N) is 1. The second-order valence-corrected chi connectivity index (χ2v) is 5.69. The van der Waals surface area contributed by atoms with E-state index in [2.05, 4.69) is 10.6 Å². The van der Waals surface area contributed by atoms with E-state index in [1.54, 1.807) is 6.92 Å². The van der Waals surface area contributed by atoms with Crippen molar-refractivity contribution in [3.63, 3.8) is 0 Å². The molecule has 0 spiro atoms. The molecule has 108 valence electrons. The van der Waals surface area contributed by atoms with Gasteiger partial charge in [0.25, 0.3) is 0 Å². The summed E-state index contributed by atoms with van der Waals surface area (Å²) in [6.07, 6.45) is 3.81. The standard InChI is InChI=1S/C13H23N3O2S/c1-3-13(2,11(14)19)12(18)15-8-4-5-10(17)16-9-6-7-9/h9H,3-8H2,1-2H3,(H2,14,19)(H,15,18)(H,16,17). The van der Waals surface area contributed by atoms with Crippen LogP contribution in [0.15, 0.2) is 0 Å². The minimum atomic E-state index is -0.800. The van der Waals surface area contributed by atoms with Crippen LogP contribution in [0.3, 0.4) is 0 Å². The average molecular weight is 285 g/mol. The lowest BCUT2D eigenvalue weighted by atomic mass is 9.86. The Morgan fingerprint density at radius 3 is 2.53 bits per heavy atom. The zero-order valence-electron chi connectivity index (χ0n) is 11.6. The Hall–Kier alpha value is -1.17. The van der Waals surface area contributed by atoms with E-state index < -0.39 is 5.41 Å². The first-order valence-corrected chi connectivity index (χ1v) is 7.18. The molecule has 1 aliphatic carbocycles. The maximum absolute atomic E-state index is 12.0. The van der Waals surface area contributed by atoms with Gasteiger partial charge in [-0.25, -0.2) is 0 Å². The number of carbonyl (C=O) groups excluding carboxylic acids is 2. The number of hydrogen-bond acceptors (Lipinski definition) is 3. The van der Waals surface area contributed by atoms with Gasteiger partial charge in [0.2, 0.25) is 11.8 Å². The predicted molar refractivity (Wildman–Crippen MR) is 78.6 cm³/mol. The van der Waals surface area contributed by atoms with Gasteiger partial charge in [-0.3, -0.25) is 9.59 Å². The van der Waals surface area contributed by atoms with E-state index in [1.807, 2.05) is 6.92 Å². The number of nitrogens with one attached hydrogen (secondary N) is 2. The maximum Gasteiger partial charge on any atom is 0.232 e. The second kappa shape index (κ2) is 6.84. The molecule has 0 bridgehead atoms. The Morgan fingerprint density at radius 2 is 2.05 bits per heavy atom. The van der Waals surface area contributed by atoms with Gasteiger partial charge in [-0.05, 0) is 32.6 Å². The normalized spacial score (nSPS) is 17.4. The van der Waals surface area contributed by atoms with Crippen molar-refractivity contribution in [1.29, 1.82) is 0 Å². The van der Waals surface area contributed by atoms with Gasteiger partial charge in [0.05, 0.1) is 10.4 Å². The van der Waals surface area contributed by atoms with E-state index in [1.165, 1.54) is 0 Å². The lowest BCUT2D eigenvalue weighted by molar-refractivity contribution is -0.127. The smallest absolute Gasteiger partial charge is 0.232 e. The van der Waals surface area contributed by atoms with Crippen LogP contribution in [0.4, 0.5) is 0 Å². The minimum absolute atomic E-state index is 0.0596. The number of hydrogen-bond donors (Lipinski definition) is 3. The molecule has 5 nitrogen and oxygen atoms in total. The van der Waals surface area contributed by atoms with Crippen molar-refractivity contribution in [3.8, 4) is 0 Å². The highest BCUT2D eigenvalue weighted by Gasteiger charge is 2.34. The van der Waals surface area contributed by atoms with Crippen LogP contribution in [0.5, 0.6) is 0 Å². The number of carbonyl (C=O) groups is 2. The first-order chi connectivity index (χ1) is 8.90. The molecule has 1 rings (SSSR count). The zero-order valence-corrected chi connectivity index (χ0v) is 12.4. The molecule has 0 saturated heterocycles. The molecule has 0 radical (unpaired) electrons. The van der Waals surface area contributed by atoms with Gasteiger partial charge in [0.15, 0.2) is 0 Å². The van der Waals surface area contributed by atoms with Crippen molar-refractivity contribution in [1.82, 2.24) is 10.6 Å². The third-order valence-electron chi connectivity index (χ3n) is 3.56. The molecule has 2 amide bonds. The van der Waals surface area contributed by atoms with Crippen LogP contribution in [0.1, 0.15) is 46.0 Å². The third-order valence-corrected chi connectivity index (χ3v) is 4.01. The fourth-order valence-electron chi connectivity index (χ4n) is 1.62. The molecule has 1 atom stereocenters. The van der Waals surface area contributed by atoms with Crippen molar-refractivity contribution in [2.75, 3.05) is 6.54 Å². The molecule has 1 aliphatic rings. The molecule has 0 aliphatic heterocycles. The molecule has 1 fully saturated rings. The summed E-state index contributed by atoms with van der Waals surface area (Å²) in [4.78, 5) is 23.6. The summed E-state index contributed by atoms with van der Waals surface area (Å²) in [6.45, 7) is 4.08. The van der Waals surface area contributed by atoms with Crippen LogP contribution >= 0.6 is 12.2 Å². The van der Waals surface area contributed by atoms with E-state index in [0.29, 0.717) is 31.8 Å². The molecular weight excluding hydrogens is 262 g/mol. The molecular formula is C13H23N3O2S. The number of thiocarbonyl (C=S) groups is 1. The summed E-state index contributed by atoms with van der Waals surface area (Å²) < 4.78 is 0. The van der Waals surface area contributed by atoms with Crippen LogP contribution in [0.2, 0.25) is 0 Å². The Labute approximate surface area is 119 Å². The van der Waals surface area contributed by atoms with Gasteiger partial charge < -0.3 is 16.4 Å². The quantitative estimate of drug-likeness (QED) is 0.456. The van der Waals surface area contributed by atoms with E-state index in [0.717, 1.165) is 12.8 Å². The van der Waals surface area contributed by atoms with E-state index in [-0.39, 0.29) is 16.8 Å². The second-order valence-electron chi connectivity index (χ2n) is 5.25. The van der Waals surface area contributed by atoms with Crippen LogP contribution < -0.4 is 16.4 Å². The summed E-state index contributed by atoms with van der Waals surface area (Å²) in [7, 11) is 0. The molecule has 0 heterocycles. The molecule has 19 heavy (non-hydrogen) atoms. The maximum atomic E-state index is 12.0. The van der Waals surface area contributed by atoms with Crippen molar-refractivity contribution in [2.45, 2.75) is 52.0 Å². The first-order valence-electron chi connectivity index (χ1n) is 6.77. The minimum Gasteiger partial charge on any atom is -0.392 e. The Bertz CT molecular complexity index is 369. The highest BCUT2D eigenvalue weighted by Crippen LogP contribution is 2.21. The van der Waals surface area contributed by atoms with Crippen molar-refractivity contribution in [2.24, 2.45) is 11.1 Å². The summed E-state index contributed by atoms with van der Waals surface area (Å²) >= 11 is 4.93. The summed E-state index contributed by atoms with van der Waals surface area (Å²) in [5.41, 5.74) is 4.80. The van der Waals surface area contributed by atoms with Gasteiger partial charge in [0, 0.05) is 19.0 Å². The predicted octanol–water partition coefficient (Wildman–Crippen LogP) is 0.864. The summed E-state index contributed by atoms with van der Waals surface area (Å²) in [5.74, 6) is -0.102. The topological polar surface area (TPSA) is 84.2 Å². The lowest BCUT2D eigenvalue weighted by Crippen LogP contribution is -2.46. The first kappa shape index (κ1) is 15.9. The van der Waals surface area contributed by atoms with E-state index >= 15 is 0 Å². The van der Waals surface area contributed by atoms with Crippen molar-refractivity contribution < 1.29 is 9.59 Å². The Morgan fingerprint density at radius 1 is 1.42 bits per heavy atom. The largest absolute Gasteiger partial charge is 0.392 e. The lowest BCUT2D eigenvalue weighted by Gasteiger charge is -2.25. The molecule has 0 aromatic rings.